The Morgan fingerprint density at radius 3 is 2.25 bits per heavy atom. The summed E-state index contributed by atoms with van der Waals surface area (Å²) in [6.45, 7) is 8.33. The first kappa shape index (κ1) is 30.2. The maximum atomic E-state index is 11.9. The van der Waals surface area contributed by atoms with Gasteiger partial charge in [0.05, 0.1) is 20.2 Å². The number of nitrogens with zero attached hydrogens (tertiary/aromatic N) is 1. The Hall–Kier alpha value is -1.80. The Kier molecular flexibility index (Phi) is 16.7. The highest BCUT2D eigenvalue weighted by atomic mass is 16.5. The van der Waals surface area contributed by atoms with E-state index in [1.807, 2.05) is 0 Å². The van der Waals surface area contributed by atoms with Crippen molar-refractivity contribution in [2.75, 3.05) is 52.9 Å². The fourth-order valence-electron chi connectivity index (χ4n) is 2.67. The first-order valence-electron chi connectivity index (χ1n) is 10.9. The topological polar surface area (TPSA) is 181 Å². The molecule has 0 rings (SSSR count). The van der Waals surface area contributed by atoms with Gasteiger partial charge in [-0.1, -0.05) is 33.3 Å². The molecule has 0 saturated carbocycles. The third-order valence-corrected chi connectivity index (χ3v) is 4.94. The predicted octanol–water partition coefficient (Wildman–Crippen LogP) is -2.79. The molecule has 0 saturated heterocycles. The van der Waals surface area contributed by atoms with Crippen molar-refractivity contribution < 1.29 is 29.6 Å². The van der Waals surface area contributed by atoms with Gasteiger partial charge in [-0.3, -0.25) is 25.1 Å². The van der Waals surface area contributed by atoms with E-state index in [1.165, 1.54) is 12.0 Å². The summed E-state index contributed by atoms with van der Waals surface area (Å²) < 4.78 is 4.62. The highest BCUT2D eigenvalue weighted by Gasteiger charge is 2.22. The van der Waals surface area contributed by atoms with Gasteiger partial charge in [-0.25, -0.2) is 0 Å². The van der Waals surface area contributed by atoms with E-state index in [0.717, 1.165) is 12.8 Å². The SMILES string of the molecule is C=C(CNC(O)CN(CC(=O)OC)C(O)CNC(O)CN)NCC(=O)NCC(CC)CC. The molecular weight excluding hydrogens is 420 g/mol. The van der Waals surface area contributed by atoms with Gasteiger partial charge in [0.15, 0.2) is 0 Å². The molecule has 0 aliphatic carbocycles. The zero-order chi connectivity index (χ0) is 24.5. The Balaban J connectivity index is 4.43. The summed E-state index contributed by atoms with van der Waals surface area (Å²) in [5, 5.41) is 41.1. The summed E-state index contributed by atoms with van der Waals surface area (Å²) in [6.07, 6.45) is -1.30. The van der Waals surface area contributed by atoms with Crippen LogP contribution in [0.15, 0.2) is 12.3 Å². The minimum absolute atomic E-state index is 0.0428. The molecule has 0 heterocycles. The molecule has 1 amide bonds. The van der Waals surface area contributed by atoms with Gasteiger partial charge in [-0.2, -0.15) is 0 Å². The second kappa shape index (κ2) is 17.7. The molecule has 9 N–H and O–H groups in total. The molecule has 0 aromatic heterocycles. The minimum Gasteiger partial charge on any atom is -0.468 e. The number of ether oxygens (including phenoxy) is 1. The van der Waals surface area contributed by atoms with E-state index in [-0.39, 0.29) is 45.2 Å². The molecule has 0 radical (unpaired) electrons. The van der Waals surface area contributed by atoms with Gasteiger partial charge in [0.2, 0.25) is 5.91 Å². The molecule has 0 aliphatic rings. The molecule has 0 fully saturated rings. The second-order valence-electron chi connectivity index (χ2n) is 7.49. The van der Waals surface area contributed by atoms with Crippen molar-refractivity contribution in [3.63, 3.8) is 0 Å². The van der Waals surface area contributed by atoms with Crippen LogP contribution in [-0.4, -0.2) is 104 Å². The van der Waals surface area contributed by atoms with Crippen molar-refractivity contribution in [1.82, 2.24) is 26.2 Å². The Morgan fingerprint density at radius 1 is 1.03 bits per heavy atom. The number of carbonyl (C=O) groups is 2. The molecule has 0 aromatic carbocycles. The molecule has 3 atom stereocenters. The number of esters is 1. The molecular formula is C20H42N6O6. The quantitative estimate of drug-likeness (QED) is 0.0734. The Morgan fingerprint density at radius 2 is 1.69 bits per heavy atom. The molecule has 0 spiro atoms. The molecule has 188 valence electrons. The third-order valence-electron chi connectivity index (χ3n) is 4.94. The fraction of sp³-hybridized carbons (Fsp3) is 0.800. The van der Waals surface area contributed by atoms with Crippen LogP contribution >= 0.6 is 0 Å². The maximum Gasteiger partial charge on any atom is 0.319 e. The smallest absolute Gasteiger partial charge is 0.319 e. The first-order valence-corrected chi connectivity index (χ1v) is 10.9. The van der Waals surface area contributed by atoms with E-state index in [9.17, 15) is 24.9 Å². The number of nitrogens with two attached hydrogens (primary N) is 1. The standard InChI is InChI=1S/C20H42N6O6/c1-5-15(6-2)9-24-17(28)10-22-14(3)8-23-18(29)12-26(13-20(31)32-4)19(30)11-25-16(27)7-21/h15-16,18-19,22-23,25,27,29-30H,3,5-13,21H2,1-2,4H3,(H,24,28). The summed E-state index contributed by atoms with van der Waals surface area (Å²) in [5.41, 5.74) is 5.80. The molecule has 3 unspecified atom stereocenters. The molecule has 0 aliphatic heterocycles. The van der Waals surface area contributed by atoms with Gasteiger partial charge in [-0.05, 0) is 5.92 Å². The van der Waals surface area contributed by atoms with Crippen LogP contribution in [0, 0.1) is 5.92 Å². The molecule has 12 nitrogen and oxygen atoms in total. The molecule has 32 heavy (non-hydrogen) atoms. The van der Waals surface area contributed by atoms with Crippen LogP contribution < -0.4 is 27.0 Å². The van der Waals surface area contributed by atoms with Gasteiger partial charge in [0, 0.05) is 38.4 Å². The predicted molar refractivity (Wildman–Crippen MR) is 121 cm³/mol. The Bertz CT molecular complexity index is 549. The molecule has 0 aromatic rings. The van der Waals surface area contributed by atoms with Crippen molar-refractivity contribution >= 4 is 11.9 Å². The largest absolute Gasteiger partial charge is 0.468 e. The van der Waals surface area contributed by atoms with E-state index in [2.05, 4.69) is 46.4 Å². The van der Waals surface area contributed by atoms with E-state index >= 15 is 0 Å². The summed E-state index contributed by atoms with van der Waals surface area (Å²) in [4.78, 5) is 24.8. The number of hydrogen-bond acceptors (Lipinski definition) is 11. The lowest BCUT2D eigenvalue weighted by atomic mass is 10.0. The normalized spacial score (nSPS) is 14.2. The number of nitrogens with one attached hydrogen (secondary N) is 4. The molecule has 0 bridgehead atoms. The van der Waals surface area contributed by atoms with Crippen LogP contribution in [0.2, 0.25) is 0 Å². The van der Waals surface area contributed by atoms with Gasteiger partial charge in [0.1, 0.15) is 18.7 Å². The lowest BCUT2D eigenvalue weighted by Crippen LogP contribution is -2.52. The maximum absolute atomic E-state index is 11.9. The van der Waals surface area contributed by atoms with Gasteiger partial charge in [-0.15, -0.1) is 0 Å². The fourth-order valence-corrected chi connectivity index (χ4v) is 2.67. The zero-order valence-corrected chi connectivity index (χ0v) is 19.5. The zero-order valence-electron chi connectivity index (χ0n) is 19.5. The number of aliphatic hydroxyl groups excluding tert-OH is 3. The van der Waals surface area contributed by atoms with Crippen LogP contribution in [0.3, 0.4) is 0 Å². The number of rotatable bonds is 19. The number of aliphatic hydroxyl groups is 3. The van der Waals surface area contributed by atoms with Crippen molar-refractivity contribution in [3.8, 4) is 0 Å². The van der Waals surface area contributed by atoms with Crippen LogP contribution in [0.4, 0.5) is 0 Å². The molecule has 12 heteroatoms. The summed E-state index contributed by atoms with van der Waals surface area (Å²) in [7, 11) is 1.22. The van der Waals surface area contributed by atoms with Gasteiger partial charge in [0.25, 0.3) is 0 Å². The summed E-state index contributed by atoms with van der Waals surface area (Å²) in [6, 6.07) is 0. The number of hydrogen-bond donors (Lipinski definition) is 8. The summed E-state index contributed by atoms with van der Waals surface area (Å²) in [5.74, 6) is -0.282. The minimum atomic E-state index is -1.19. The highest BCUT2D eigenvalue weighted by molar-refractivity contribution is 5.78. The van der Waals surface area contributed by atoms with Crippen molar-refractivity contribution in [2.24, 2.45) is 11.7 Å². The number of carbonyl (C=O) groups excluding carboxylic acids is 2. The lowest BCUT2D eigenvalue weighted by Gasteiger charge is -2.30. The monoisotopic (exact) mass is 462 g/mol. The third kappa shape index (κ3) is 14.3. The van der Waals surface area contributed by atoms with E-state index in [4.69, 9.17) is 5.73 Å². The average molecular weight is 463 g/mol. The van der Waals surface area contributed by atoms with Crippen molar-refractivity contribution in [3.05, 3.63) is 12.3 Å². The lowest BCUT2D eigenvalue weighted by molar-refractivity contribution is -0.146. The number of amides is 1. The van der Waals surface area contributed by atoms with Crippen LogP contribution in [0.25, 0.3) is 0 Å². The summed E-state index contributed by atoms with van der Waals surface area (Å²) >= 11 is 0. The van der Waals surface area contributed by atoms with Gasteiger partial charge < -0.3 is 36.4 Å². The van der Waals surface area contributed by atoms with Crippen LogP contribution in [0.5, 0.6) is 0 Å². The highest BCUT2D eigenvalue weighted by Crippen LogP contribution is 2.04. The van der Waals surface area contributed by atoms with E-state index < -0.39 is 24.7 Å². The Labute approximate surface area is 190 Å². The van der Waals surface area contributed by atoms with Crippen LogP contribution in [0.1, 0.15) is 26.7 Å². The second-order valence-corrected chi connectivity index (χ2v) is 7.49. The van der Waals surface area contributed by atoms with Crippen molar-refractivity contribution in [2.45, 2.75) is 45.4 Å². The van der Waals surface area contributed by atoms with Gasteiger partial charge >= 0.3 is 5.97 Å². The van der Waals surface area contributed by atoms with E-state index in [1.54, 1.807) is 0 Å². The number of methoxy groups -OCH3 is 1. The first-order chi connectivity index (χ1) is 15.2. The van der Waals surface area contributed by atoms with Crippen LogP contribution in [-0.2, 0) is 14.3 Å². The van der Waals surface area contributed by atoms with Crippen molar-refractivity contribution in [1.29, 1.82) is 0 Å². The average Bonchev–Trinajstić information content (AvgIpc) is 2.79. The van der Waals surface area contributed by atoms with E-state index in [0.29, 0.717) is 18.2 Å².